The third-order valence-corrected chi connectivity index (χ3v) is 14.9. The number of carbonyl (C=O) groups excluding carboxylic acids is 2. The van der Waals surface area contributed by atoms with Crippen LogP contribution in [0.15, 0.2) is 309 Å². The fourth-order valence-corrected chi connectivity index (χ4v) is 9.17. The number of aliphatic hydroxyl groups is 11. The molecule has 0 radical (unpaired) electrons. The standard InChI is InChI=1S/C20H18O4.2C14H14O4.2C8H10O4.3C6H6O.C2H2O2/c21-16-7-1-13(2-8-16)19(14-3-9-17(22)10-4-14)20(24)15-5-11-18(23)12-6-15;2*15-11-5-1-9(2-6-11)13(17)14(18)10-3-7-12(16)8-4-10;2*9-6-3-1-5(2-4-6)7(10)8(11)12;3*7-6-4-2-1-3-5-6;3-1-2-4/h1-12,19-24H;2*1-8,13-18H;2*1-4,7-12H;3*1-5,7H;1-2H. The molecule has 25 heteroatoms. The van der Waals surface area contributed by atoms with E-state index in [2.05, 4.69) is 0 Å². The van der Waals surface area contributed by atoms with Gasteiger partial charge >= 0.3 is 0 Å². The van der Waals surface area contributed by atoms with Gasteiger partial charge in [0, 0.05) is 5.92 Å². The Bertz CT molecular complexity index is 4000. The third kappa shape index (κ3) is 33.0. The highest BCUT2D eigenvalue weighted by atomic mass is 16.5. The number of aliphatic hydroxyl groups excluding tert-OH is 9. The molecule has 7 atom stereocenters. The summed E-state index contributed by atoms with van der Waals surface area (Å²) in [6, 6.07) is 80.9. The van der Waals surface area contributed by atoms with E-state index in [1.54, 1.807) is 182 Å². The summed E-state index contributed by atoms with van der Waals surface area (Å²) < 4.78 is 0. The SMILES string of the molecule is O=CC=O.Oc1ccc(C(O)C(O)O)cc1.Oc1ccc(C(O)C(O)O)cc1.Oc1ccc(C(O)C(O)c2ccc(O)cc2)cc1.Oc1ccc(C(O)C(O)c2ccc(O)cc2)cc1.Oc1ccc(C(O)C(c2ccc(O)cc2)c2ccc(O)cc2)cc1.Oc1ccccc1.Oc1ccccc1.Oc1ccccc1. The molecular formula is C84H86O25. The largest absolute Gasteiger partial charge is 0.508 e. The van der Waals surface area contributed by atoms with Gasteiger partial charge in [-0.1, -0.05) is 164 Å². The summed E-state index contributed by atoms with van der Waals surface area (Å²) in [7, 11) is 0. The minimum absolute atomic E-state index is 0.0679. The summed E-state index contributed by atoms with van der Waals surface area (Å²) in [5, 5.41) is 212. The van der Waals surface area contributed by atoms with Crippen molar-refractivity contribution >= 4 is 12.6 Å². The second-order valence-electron chi connectivity index (χ2n) is 23.0. The van der Waals surface area contributed by atoms with Crippen molar-refractivity contribution in [1.29, 1.82) is 0 Å². The van der Waals surface area contributed by atoms with E-state index in [0.29, 0.717) is 56.2 Å². The maximum absolute atomic E-state index is 10.9. The monoisotopic (exact) mass is 1490 g/mol. The summed E-state index contributed by atoms with van der Waals surface area (Å²) in [4.78, 5) is 17.6. The Balaban J connectivity index is 0.000000270. The molecule has 12 rings (SSSR count). The van der Waals surface area contributed by atoms with Crippen LogP contribution in [0.5, 0.6) is 69.0 Å². The van der Waals surface area contributed by atoms with Gasteiger partial charge < -0.3 is 117 Å². The second kappa shape index (κ2) is 47.6. The highest BCUT2D eigenvalue weighted by Gasteiger charge is 2.26. The van der Waals surface area contributed by atoms with E-state index in [1.807, 2.05) is 18.2 Å². The van der Waals surface area contributed by atoms with E-state index in [9.17, 15) is 40.9 Å². The molecule has 7 unspecified atom stereocenters. The molecule has 23 N–H and O–H groups in total. The average molecular weight is 1500 g/mol. The molecule has 0 aliphatic heterocycles. The first-order valence-electron chi connectivity index (χ1n) is 32.7. The number of aldehydes is 2. The highest BCUT2D eigenvalue weighted by molar-refractivity contribution is 6.09. The zero-order valence-electron chi connectivity index (χ0n) is 58.0. The van der Waals surface area contributed by atoms with Crippen LogP contribution in [0, 0.1) is 0 Å². The minimum Gasteiger partial charge on any atom is -0.508 e. The lowest BCUT2D eigenvalue weighted by molar-refractivity contribution is -0.124. The molecule has 0 aliphatic rings. The Hall–Kier alpha value is -12.9. The van der Waals surface area contributed by atoms with Crippen molar-refractivity contribution in [2.24, 2.45) is 0 Å². The molecule has 0 amide bonds. The van der Waals surface area contributed by atoms with Crippen molar-refractivity contribution in [1.82, 2.24) is 0 Å². The maximum Gasteiger partial charge on any atom is 0.182 e. The van der Waals surface area contributed by atoms with Crippen LogP contribution in [0.25, 0.3) is 0 Å². The fraction of sp³-hybridized carbons (Fsp3) is 0.119. The van der Waals surface area contributed by atoms with Crippen molar-refractivity contribution in [3.05, 3.63) is 359 Å². The molecule has 0 saturated carbocycles. The molecule has 0 saturated heterocycles. The normalized spacial score (nSPS) is 12.1. The smallest absolute Gasteiger partial charge is 0.182 e. The van der Waals surface area contributed by atoms with E-state index in [-0.39, 0.29) is 70.2 Å². The Kier molecular flexibility index (Phi) is 38.6. The van der Waals surface area contributed by atoms with E-state index in [4.69, 9.17) is 86.2 Å². The average Bonchev–Trinajstić information content (AvgIpc) is 0.804. The van der Waals surface area contributed by atoms with Crippen molar-refractivity contribution in [2.75, 3.05) is 0 Å². The summed E-state index contributed by atoms with van der Waals surface area (Å²) in [5.74, 6) is 1.58. The van der Waals surface area contributed by atoms with Gasteiger partial charge in [-0.25, -0.2) is 0 Å². The molecule has 0 aliphatic carbocycles. The van der Waals surface area contributed by atoms with Crippen LogP contribution in [0.2, 0.25) is 0 Å². The summed E-state index contributed by atoms with van der Waals surface area (Å²) >= 11 is 0. The van der Waals surface area contributed by atoms with Crippen molar-refractivity contribution in [3.8, 4) is 69.0 Å². The van der Waals surface area contributed by atoms with Crippen LogP contribution < -0.4 is 0 Å². The van der Waals surface area contributed by atoms with Gasteiger partial charge in [-0.3, -0.25) is 9.59 Å². The lowest BCUT2D eigenvalue weighted by atomic mass is 9.83. The molecular weight excluding hydrogens is 1410 g/mol. The topological polar surface area (TPSA) is 499 Å². The molecule has 0 heterocycles. The zero-order chi connectivity index (χ0) is 80.4. The Morgan fingerprint density at radius 3 is 0.413 bits per heavy atom. The van der Waals surface area contributed by atoms with Crippen molar-refractivity contribution in [3.63, 3.8) is 0 Å². The van der Waals surface area contributed by atoms with Crippen molar-refractivity contribution < 1.29 is 127 Å². The van der Waals surface area contributed by atoms with Crippen LogP contribution in [0.1, 0.15) is 98.7 Å². The van der Waals surface area contributed by atoms with Crippen LogP contribution in [0.4, 0.5) is 0 Å². The third-order valence-electron chi connectivity index (χ3n) is 14.9. The summed E-state index contributed by atoms with van der Waals surface area (Å²) in [6.45, 7) is 0. The van der Waals surface area contributed by atoms with E-state index < -0.39 is 55.3 Å². The number of rotatable bonds is 15. The predicted molar refractivity (Wildman–Crippen MR) is 402 cm³/mol. The second-order valence-corrected chi connectivity index (χ2v) is 23.0. The zero-order valence-corrected chi connectivity index (χ0v) is 58.0. The first-order valence-corrected chi connectivity index (χ1v) is 32.7. The fourth-order valence-electron chi connectivity index (χ4n) is 9.17. The molecule has 12 aromatic carbocycles. The number of hydrogen-bond donors (Lipinski definition) is 23. The Morgan fingerprint density at radius 1 is 0.156 bits per heavy atom. The molecule has 0 bridgehead atoms. The van der Waals surface area contributed by atoms with Gasteiger partial charge in [0.05, 0.1) is 6.10 Å². The van der Waals surface area contributed by atoms with Gasteiger partial charge in [-0.05, 0) is 196 Å². The molecule has 109 heavy (non-hydrogen) atoms. The highest BCUT2D eigenvalue weighted by Crippen LogP contribution is 2.39. The van der Waals surface area contributed by atoms with Gasteiger partial charge in [-0.2, -0.15) is 0 Å². The van der Waals surface area contributed by atoms with E-state index in [1.165, 1.54) is 109 Å². The van der Waals surface area contributed by atoms with Crippen LogP contribution >= 0.6 is 0 Å². The van der Waals surface area contributed by atoms with E-state index >= 15 is 0 Å². The van der Waals surface area contributed by atoms with E-state index in [0.717, 1.165) is 11.1 Å². The Morgan fingerprint density at radius 2 is 0.284 bits per heavy atom. The summed E-state index contributed by atoms with van der Waals surface area (Å²) in [6.07, 6.45) is -11.1. The molecule has 0 aromatic heterocycles. The Labute approximate surface area is 626 Å². The number of benzene rings is 12. The number of phenols is 12. The molecule has 0 fully saturated rings. The lowest BCUT2D eigenvalue weighted by Gasteiger charge is -2.24. The van der Waals surface area contributed by atoms with Gasteiger partial charge in [-0.15, -0.1) is 0 Å². The number of carbonyl (C=O) groups is 2. The van der Waals surface area contributed by atoms with Gasteiger partial charge in [0.25, 0.3) is 0 Å². The first-order chi connectivity index (χ1) is 52.0. The van der Waals surface area contributed by atoms with Crippen LogP contribution in [-0.4, -0.2) is 143 Å². The summed E-state index contributed by atoms with van der Waals surface area (Å²) in [5.41, 5.74) is 5.06. The maximum atomic E-state index is 10.9. The number of para-hydroxylation sites is 3. The number of aromatic hydroxyl groups is 12. The quantitative estimate of drug-likeness (QED) is 0.0257. The van der Waals surface area contributed by atoms with Crippen LogP contribution in [0.3, 0.4) is 0 Å². The lowest BCUT2D eigenvalue weighted by Crippen LogP contribution is -2.16. The molecule has 572 valence electrons. The van der Waals surface area contributed by atoms with Crippen molar-refractivity contribution in [2.45, 2.75) is 61.2 Å². The minimum atomic E-state index is -1.80. The van der Waals surface area contributed by atoms with Gasteiger partial charge in [0.15, 0.2) is 25.2 Å². The first kappa shape index (κ1) is 88.5. The molecule has 25 nitrogen and oxygen atoms in total. The predicted octanol–water partition coefficient (Wildman–Crippen LogP) is 10.4. The van der Waals surface area contributed by atoms with Crippen LogP contribution in [-0.2, 0) is 9.59 Å². The number of phenolic OH excluding ortho intramolecular Hbond substituents is 12. The van der Waals surface area contributed by atoms with Gasteiger partial charge in [0.2, 0.25) is 0 Å². The van der Waals surface area contributed by atoms with Gasteiger partial charge in [0.1, 0.15) is 106 Å². The molecule has 0 spiro atoms. The molecule has 12 aromatic rings. The number of hydrogen-bond acceptors (Lipinski definition) is 25.